The maximum Gasteiger partial charge on any atom is 0.338 e. The molecule has 0 aromatic heterocycles. The van der Waals surface area contributed by atoms with Crippen LogP contribution >= 0.6 is 11.6 Å². The topological polar surface area (TPSA) is 102 Å². The Kier molecular flexibility index (Phi) is 6.88. The number of methoxy groups -OCH3 is 1. The minimum absolute atomic E-state index is 0.176. The van der Waals surface area contributed by atoms with E-state index in [2.05, 4.69) is 12.2 Å². The average Bonchev–Trinajstić information content (AvgIpc) is 3.07. The molecule has 1 saturated heterocycles. The van der Waals surface area contributed by atoms with Crippen molar-refractivity contribution in [2.24, 2.45) is 17.8 Å². The van der Waals surface area contributed by atoms with Gasteiger partial charge >= 0.3 is 5.97 Å². The molecule has 1 N–H and O–H groups in total. The first-order chi connectivity index (χ1) is 16.3. The van der Waals surface area contributed by atoms with Crippen LogP contribution in [0.4, 0.5) is 11.4 Å². The van der Waals surface area contributed by atoms with Gasteiger partial charge in [-0.3, -0.25) is 19.3 Å². The van der Waals surface area contributed by atoms with E-state index in [1.54, 1.807) is 24.3 Å². The Labute approximate surface area is 202 Å². The van der Waals surface area contributed by atoms with Gasteiger partial charge in [-0.1, -0.05) is 18.5 Å². The fourth-order valence-electron chi connectivity index (χ4n) is 4.57. The summed E-state index contributed by atoms with van der Waals surface area (Å²) in [5.41, 5.74) is 0.983. The van der Waals surface area contributed by atoms with Crippen LogP contribution in [0.2, 0.25) is 5.02 Å². The van der Waals surface area contributed by atoms with Crippen molar-refractivity contribution in [3.63, 3.8) is 0 Å². The Hall–Kier alpha value is -3.39. The van der Waals surface area contributed by atoms with Crippen molar-refractivity contribution >= 4 is 46.7 Å². The second-order valence-corrected chi connectivity index (χ2v) is 9.10. The zero-order chi connectivity index (χ0) is 24.4. The number of nitrogens with zero attached hydrogens (tertiary/aromatic N) is 1. The second-order valence-electron chi connectivity index (χ2n) is 8.66. The number of esters is 1. The second kappa shape index (κ2) is 9.85. The number of hydrogen-bond donors (Lipinski definition) is 1. The molecule has 3 atom stereocenters. The predicted octanol–water partition coefficient (Wildman–Crippen LogP) is 4.07. The van der Waals surface area contributed by atoms with E-state index in [1.165, 1.54) is 30.2 Å². The molecule has 2 aromatic rings. The van der Waals surface area contributed by atoms with Crippen LogP contribution in [-0.4, -0.2) is 37.4 Å². The number of imide groups is 1. The van der Waals surface area contributed by atoms with Gasteiger partial charge in [-0.15, -0.1) is 0 Å². The first-order valence-corrected chi connectivity index (χ1v) is 11.4. The fourth-order valence-corrected chi connectivity index (χ4v) is 4.74. The summed E-state index contributed by atoms with van der Waals surface area (Å²) in [6.45, 7) is 1.59. The molecule has 3 amide bonds. The molecule has 2 aliphatic rings. The number of hydrogen-bond acceptors (Lipinski definition) is 6. The maximum atomic E-state index is 12.9. The lowest BCUT2D eigenvalue weighted by atomic mass is 9.76. The number of fused-ring (bicyclic) bond motifs is 1. The molecule has 2 aromatic carbocycles. The third-order valence-electron chi connectivity index (χ3n) is 6.32. The number of carbonyl (C=O) groups excluding carboxylic acids is 4. The van der Waals surface area contributed by atoms with E-state index in [-0.39, 0.29) is 29.2 Å². The largest absolute Gasteiger partial charge is 0.495 e. The lowest BCUT2D eigenvalue weighted by Gasteiger charge is -2.25. The van der Waals surface area contributed by atoms with Crippen LogP contribution in [0, 0.1) is 17.8 Å². The first-order valence-electron chi connectivity index (χ1n) is 11.1. The monoisotopic (exact) mass is 484 g/mol. The van der Waals surface area contributed by atoms with Crippen molar-refractivity contribution in [1.82, 2.24) is 0 Å². The number of halogens is 1. The Morgan fingerprint density at radius 1 is 1.06 bits per heavy atom. The van der Waals surface area contributed by atoms with Crippen molar-refractivity contribution in [2.75, 3.05) is 23.9 Å². The molecule has 1 aliphatic carbocycles. The molecule has 178 valence electrons. The minimum atomic E-state index is -0.707. The first kappa shape index (κ1) is 23.8. The molecule has 0 radical (unpaired) electrons. The highest BCUT2D eigenvalue weighted by atomic mass is 35.5. The highest BCUT2D eigenvalue weighted by Crippen LogP contribution is 2.42. The van der Waals surface area contributed by atoms with Gasteiger partial charge < -0.3 is 14.8 Å². The van der Waals surface area contributed by atoms with Crippen LogP contribution in [0.1, 0.15) is 36.5 Å². The third kappa shape index (κ3) is 4.77. The molecule has 4 rings (SSSR count). The van der Waals surface area contributed by atoms with Crippen molar-refractivity contribution in [3.05, 3.63) is 53.1 Å². The summed E-state index contributed by atoms with van der Waals surface area (Å²) in [5.74, 6) is -1.30. The molecule has 0 spiro atoms. The molecule has 0 unspecified atom stereocenters. The SMILES string of the molecule is COc1ccc(Cl)cc1NC(=O)COC(=O)c1ccc(N2C(=O)[C@H]3C[C@H](C)CC[C@H]3C2=O)cc1. The van der Waals surface area contributed by atoms with E-state index in [0.29, 0.717) is 28.1 Å². The van der Waals surface area contributed by atoms with Crippen LogP contribution in [0.15, 0.2) is 42.5 Å². The molecule has 1 aliphatic heterocycles. The number of rotatable bonds is 6. The van der Waals surface area contributed by atoms with E-state index in [9.17, 15) is 19.2 Å². The van der Waals surface area contributed by atoms with Gasteiger partial charge in [0.05, 0.1) is 35.9 Å². The summed E-state index contributed by atoms with van der Waals surface area (Å²) in [6, 6.07) is 10.8. The number of ether oxygens (including phenoxy) is 2. The smallest absolute Gasteiger partial charge is 0.338 e. The summed E-state index contributed by atoms with van der Waals surface area (Å²) in [4.78, 5) is 51.5. The van der Waals surface area contributed by atoms with Crippen molar-refractivity contribution < 1.29 is 28.7 Å². The zero-order valence-corrected chi connectivity index (χ0v) is 19.6. The highest BCUT2D eigenvalue weighted by Gasteiger charge is 2.49. The summed E-state index contributed by atoms with van der Waals surface area (Å²) >= 11 is 5.95. The number of nitrogens with one attached hydrogen (secondary N) is 1. The van der Waals surface area contributed by atoms with Gasteiger partial charge in [0.2, 0.25) is 11.8 Å². The average molecular weight is 485 g/mol. The molecule has 8 nitrogen and oxygen atoms in total. The summed E-state index contributed by atoms with van der Waals surface area (Å²) < 4.78 is 10.3. The Morgan fingerprint density at radius 2 is 1.76 bits per heavy atom. The number of anilines is 2. The molecule has 9 heteroatoms. The molecular weight excluding hydrogens is 460 g/mol. The lowest BCUT2D eigenvalue weighted by Crippen LogP contribution is -2.30. The van der Waals surface area contributed by atoms with Crippen LogP contribution < -0.4 is 15.0 Å². The van der Waals surface area contributed by atoms with Gasteiger partial charge in [0.25, 0.3) is 5.91 Å². The molecule has 2 fully saturated rings. The third-order valence-corrected chi connectivity index (χ3v) is 6.55. The van der Waals surface area contributed by atoms with Gasteiger partial charge in [0, 0.05) is 5.02 Å². The Bertz CT molecular complexity index is 1130. The van der Waals surface area contributed by atoms with Crippen molar-refractivity contribution in [3.8, 4) is 5.75 Å². The number of amides is 3. The highest BCUT2D eigenvalue weighted by molar-refractivity contribution is 6.31. The van der Waals surface area contributed by atoms with E-state index in [0.717, 1.165) is 19.3 Å². The van der Waals surface area contributed by atoms with Gasteiger partial charge in [-0.2, -0.15) is 0 Å². The van der Waals surface area contributed by atoms with Crippen LogP contribution in [0.5, 0.6) is 5.75 Å². The van der Waals surface area contributed by atoms with Crippen molar-refractivity contribution in [2.45, 2.75) is 26.2 Å². The summed E-state index contributed by atoms with van der Waals surface area (Å²) in [5, 5.41) is 3.00. The maximum absolute atomic E-state index is 12.9. The Balaban J connectivity index is 1.36. The predicted molar refractivity (Wildman–Crippen MR) is 126 cm³/mol. The summed E-state index contributed by atoms with van der Waals surface area (Å²) in [6.07, 6.45) is 2.39. The van der Waals surface area contributed by atoms with Gasteiger partial charge in [0.15, 0.2) is 6.61 Å². The van der Waals surface area contributed by atoms with E-state index < -0.39 is 18.5 Å². The zero-order valence-electron chi connectivity index (χ0n) is 18.9. The summed E-state index contributed by atoms with van der Waals surface area (Å²) in [7, 11) is 1.46. The molecule has 1 heterocycles. The van der Waals surface area contributed by atoms with Gasteiger partial charge in [-0.25, -0.2) is 4.79 Å². The van der Waals surface area contributed by atoms with Crippen LogP contribution in [0.3, 0.4) is 0 Å². The van der Waals surface area contributed by atoms with Crippen LogP contribution in [0.25, 0.3) is 0 Å². The van der Waals surface area contributed by atoms with E-state index in [1.807, 2.05) is 0 Å². The quantitative estimate of drug-likeness (QED) is 0.490. The minimum Gasteiger partial charge on any atom is -0.495 e. The number of benzene rings is 2. The van der Waals surface area contributed by atoms with Gasteiger partial charge in [0.1, 0.15) is 5.75 Å². The number of carbonyl (C=O) groups is 4. The van der Waals surface area contributed by atoms with Gasteiger partial charge in [-0.05, 0) is 67.6 Å². The van der Waals surface area contributed by atoms with E-state index >= 15 is 0 Å². The van der Waals surface area contributed by atoms with Crippen molar-refractivity contribution in [1.29, 1.82) is 0 Å². The molecule has 34 heavy (non-hydrogen) atoms. The Morgan fingerprint density at radius 3 is 2.47 bits per heavy atom. The lowest BCUT2D eigenvalue weighted by molar-refractivity contribution is -0.122. The van der Waals surface area contributed by atoms with Crippen LogP contribution in [-0.2, 0) is 19.1 Å². The van der Waals surface area contributed by atoms with E-state index in [4.69, 9.17) is 21.1 Å². The molecule has 0 bridgehead atoms. The molecule has 1 saturated carbocycles. The fraction of sp³-hybridized carbons (Fsp3) is 0.360. The molecular formula is C25H25ClN2O6. The standard InChI is InChI=1S/C25H25ClN2O6/c1-14-3-9-18-19(11-14)24(31)28(23(18)30)17-7-4-15(5-8-17)25(32)34-13-22(29)27-20-12-16(26)6-10-21(20)33-2/h4-8,10,12,14,18-19H,3,9,11,13H2,1-2H3,(H,27,29)/t14-,18-,19+/m1/s1. The normalized spacial score (nSPS) is 21.7.